The second kappa shape index (κ2) is 7.84. The van der Waals surface area contributed by atoms with Crippen molar-refractivity contribution in [2.45, 2.75) is 20.8 Å². The standard InChI is InChI=1S/C26H24O5/c1-14-6-11-20-22(24(28)18-12-15(2)16(3)21(13-18)30-5)25(31-26(20)23(14)27)17-7-9-19(29-4)10-8-17/h6-13,27H,1-5H3. The molecule has 158 valence electrons. The van der Waals surface area contributed by atoms with Crippen molar-refractivity contribution in [1.82, 2.24) is 0 Å². The fourth-order valence-electron chi connectivity index (χ4n) is 3.73. The summed E-state index contributed by atoms with van der Waals surface area (Å²) in [6.07, 6.45) is 0. The maximum atomic E-state index is 13.7. The Morgan fingerprint density at radius 1 is 0.903 bits per heavy atom. The number of rotatable bonds is 5. The molecule has 5 heteroatoms. The van der Waals surface area contributed by atoms with E-state index >= 15 is 0 Å². The number of ether oxygens (including phenoxy) is 2. The summed E-state index contributed by atoms with van der Waals surface area (Å²) in [6.45, 7) is 5.70. The third-order valence-corrected chi connectivity index (χ3v) is 5.71. The number of carbonyl (C=O) groups excluding carboxylic acids is 1. The molecule has 0 saturated heterocycles. The number of fused-ring (bicyclic) bond motifs is 1. The summed E-state index contributed by atoms with van der Waals surface area (Å²) in [6, 6.07) is 14.5. The zero-order valence-electron chi connectivity index (χ0n) is 18.2. The number of phenolic OH excluding ortho intramolecular Hbond substituents is 1. The number of benzene rings is 3. The second-order valence-electron chi connectivity index (χ2n) is 7.59. The number of furan rings is 1. The van der Waals surface area contributed by atoms with E-state index in [1.807, 2.05) is 38.1 Å². The smallest absolute Gasteiger partial charge is 0.197 e. The zero-order valence-corrected chi connectivity index (χ0v) is 18.2. The van der Waals surface area contributed by atoms with E-state index in [2.05, 4.69) is 0 Å². The normalized spacial score (nSPS) is 11.0. The van der Waals surface area contributed by atoms with Crippen LogP contribution in [0.4, 0.5) is 0 Å². The van der Waals surface area contributed by atoms with E-state index in [4.69, 9.17) is 13.9 Å². The van der Waals surface area contributed by atoms with Crippen LogP contribution < -0.4 is 9.47 Å². The van der Waals surface area contributed by atoms with Crippen LogP contribution in [0, 0.1) is 20.8 Å². The van der Waals surface area contributed by atoms with Crippen molar-refractivity contribution in [2.24, 2.45) is 0 Å². The van der Waals surface area contributed by atoms with Gasteiger partial charge in [0.2, 0.25) is 0 Å². The van der Waals surface area contributed by atoms with Crippen molar-refractivity contribution in [1.29, 1.82) is 0 Å². The molecule has 5 nitrogen and oxygen atoms in total. The minimum atomic E-state index is -0.200. The number of ketones is 1. The zero-order chi connectivity index (χ0) is 22.3. The van der Waals surface area contributed by atoms with Gasteiger partial charge < -0.3 is 19.0 Å². The Kier molecular flexibility index (Phi) is 5.19. The van der Waals surface area contributed by atoms with Gasteiger partial charge in [-0.1, -0.05) is 6.07 Å². The lowest BCUT2D eigenvalue weighted by Crippen LogP contribution is -2.04. The van der Waals surface area contributed by atoms with E-state index in [1.54, 1.807) is 45.4 Å². The summed E-state index contributed by atoms with van der Waals surface area (Å²) in [4.78, 5) is 13.7. The molecule has 3 aromatic carbocycles. The van der Waals surface area contributed by atoms with Crippen LogP contribution in [0.1, 0.15) is 32.6 Å². The first kappa shape index (κ1) is 20.5. The molecule has 0 saturated carbocycles. The van der Waals surface area contributed by atoms with Gasteiger partial charge in [0.05, 0.1) is 19.8 Å². The Bertz CT molecular complexity index is 1300. The summed E-state index contributed by atoms with van der Waals surface area (Å²) in [5.41, 5.74) is 4.53. The van der Waals surface area contributed by atoms with Crippen LogP contribution in [0.3, 0.4) is 0 Å². The van der Waals surface area contributed by atoms with E-state index in [-0.39, 0.29) is 11.5 Å². The van der Waals surface area contributed by atoms with Crippen molar-refractivity contribution in [3.8, 4) is 28.6 Å². The summed E-state index contributed by atoms with van der Waals surface area (Å²) in [5.74, 6) is 1.59. The third-order valence-electron chi connectivity index (χ3n) is 5.71. The molecule has 4 aromatic rings. The average molecular weight is 416 g/mol. The summed E-state index contributed by atoms with van der Waals surface area (Å²) >= 11 is 0. The van der Waals surface area contributed by atoms with Gasteiger partial charge in [-0.25, -0.2) is 0 Å². The van der Waals surface area contributed by atoms with Gasteiger partial charge in [-0.3, -0.25) is 4.79 Å². The average Bonchev–Trinajstić information content (AvgIpc) is 3.17. The van der Waals surface area contributed by atoms with E-state index in [9.17, 15) is 9.90 Å². The minimum Gasteiger partial charge on any atom is -0.504 e. The van der Waals surface area contributed by atoms with Gasteiger partial charge in [0.15, 0.2) is 17.1 Å². The number of carbonyl (C=O) groups is 1. The highest BCUT2D eigenvalue weighted by Crippen LogP contribution is 2.41. The van der Waals surface area contributed by atoms with Gasteiger partial charge >= 0.3 is 0 Å². The van der Waals surface area contributed by atoms with Gasteiger partial charge in [-0.2, -0.15) is 0 Å². The van der Waals surface area contributed by atoms with Crippen molar-refractivity contribution in [3.63, 3.8) is 0 Å². The number of hydrogen-bond donors (Lipinski definition) is 1. The SMILES string of the molecule is COc1ccc(-c2oc3c(O)c(C)ccc3c2C(=O)c2cc(C)c(C)c(OC)c2)cc1. The quantitative estimate of drug-likeness (QED) is 0.405. The Morgan fingerprint density at radius 2 is 1.61 bits per heavy atom. The molecule has 0 radical (unpaired) electrons. The molecule has 4 rings (SSSR count). The molecular weight excluding hydrogens is 392 g/mol. The highest BCUT2D eigenvalue weighted by molar-refractivity contribution is 6.20. The van der Waals surface area contributed by atoms with Crippen LogP contribution in [0.25, 0.3) is 22.3 Å². The first-order valence-corrected chi connectivity index (χ1v) is 9.95. The van der Waals surface area contributed by atoms with Gasteiger partial charge in [-0.15, -0.1) is 0 Å². The molecule has 0 spiro atoms. The molecule has 0 unspecified atom stereocenters. The highest BCUT2D eigenvalue weighted by Gasteiger charge is 2.26. The largest absolute Gasteiger partial charge is 0.504 e. The first-order valence-electron chi connectivity index (χ1n) is 9.95. The lowest BCUT2D eigenvalue weighted by atomic mass is 9.94. The van der Waals surface area contributed by atoms with Crippen LogP contribution >= 0.6 is 0 Å². The first-order chi connectivity index (χ1) is 14.8. The summed E-state index contributed by atoms with van der Waals surface area (Å²) in [5, 5.41) is 11.2. The van der Waals surface area contributed by atoms with Crippen LogP contribution in [0.15, 0.2) is 52.9 Å². The molecule has 0 aliphatic carbocycles. The molecule has 0 bridgehead atoms. The molecule has 0 aliphatic rings. The Balaban J connectivity index is 1.98. The fourth-order valence-corrected chi connectivity index (χ4v) is 3.73. The number of phenols is 1. The van der Waals surface area contributed by atoms with Crippen molar-refractivity contribution >= 4 is 16.8 Å². The predicted molar refractivity (Wildman–Crippen MR) is 121 cm³/mol. The lowest BCUT2D eigenvalue weighted by molar-refractivity contribution is 0.104. The van der Waals surface area contributed by atoms with E-state index in [0.717, 1.165) is 11.1 Å². The number of aromatic hydroxyl groups is 1. The molecule has 0 amide bonds. The molecule has 1 heterocycles. The summed E-state index contributed by atoms with van der Waals surface area (Å²) in [7, 11) is 3.19. The molecule has 31 heavy (non-hydrogen) atoms. The van der Waals surface area contributed by atoms with Crippen molar-refractivity contribution < 1.29 is 23.8 Å². The van der Waals surface area contributed by atoms with Gasteiger partial charge in [0, 0.05) is 16.5 Å². The molecular formula is C26H24O5. The van der Waals surface area contributed by atoms with E-state index in [0.29, 0.717) is 50.5 Å². The third kappa shape index (κ3) is 3.42. The second-order valence-corrected chi connectivity index (χ2v) is 7.59. The van der Waals surface area contributed by atoms with Crippen LogP contribution in [0.2, 0.25) is 0 Å². The van der Waals surface area contributed by atoms with Gasteiger partial charge in [-0.05, 0) is 79.9 Å². The Morgan fingerprint density at radius 3 is 2.26 bits per heavy atom. The van der Waals surface area contributed by atoms with Gasteiger partial charge in [0.25, 0.3) is 0 Å². The van der Waals surface area contributed by atoms with Crippen LogP contribution in [-0.2, 0) is 0 Å². The predicted octanol–water partition coefficient (Wildman–Crippen LogP) is 5.98. The number of hydrogen-bond acceptors (Lipinski definition) is 5. The lowest BCUT2D eigenvalue weighted by Gasteiger charge is -2.11. The molecule has 1 aromatic heterocycles. The van der Waals surface area contributed by atoms with E-state index < -0.39 is 0 Å². The Hall–Kier alpha value is -3.73. The number of aryl methyl sites for hydroxylation is 2. The Labute approximate surface area is 180 Å². The highest BCUT2D eigenvalue weighted by atomic mass is 16.5. The topological polar surface area (TPSA) is 68.9 Å². The summed E-state index contributed by atoms with van der Waals surface area (Å²) < 4.78 is 16.8. The van der Waals surface area contributed by atoms with Gasteiger partial charge in [0.1, 0.15) is 17.3 Å². The maximum absolute atomic E-state index is 13.7. The van der Waals surface area contributed by atoms with Crippen LogP contribution in [0.5, 0.6) is 17.2 Å². The fraction of sp³-hybridized carbons (Fsp3) is 0.192. The molecule has 1 N–H and O–H groups in total. The minimum absolute atomic E-state index is 0.0315. The molecule has 0 fully saturated rings. The van der Waals surface area contributed by atoms with E-state index in [1.165, 1.54) is 0 Å². The monoisotopic (exact) mass is 416 g/mol. The van der Waals surface area contributed by atoms with Crippen LogP contribution in [-0.4, -0.2) is 25.1 Å². The maximum Gasteiger partial charge on any atom is 0.197 e. The van der Waals surface area contributed by atoms with Crippen molar-refractivity contribution in [3.05, 3.63) is 76.3 Å². The molecule has 0 atom stereocenters. The molecule has 0 aliphatic heterocycles. The van der Waals surface area contributed by atoms with Crippen molar-refractivity contribution in [2.75, 3.05) is 14.2 Å². The number of methoxy groups -OCH3 is 2.